The van der Waals surface area contributed by atoms with E-state index in [-0.39, 0.29) is 6.73 Å². The second kappa shape index (κ2) is 9.76. The van der Waals surface area contributed by atoms with Crippen LogP contribution in [-0.4, -0.2) is 38.8 Å². The van der Waals surface area contributed by atoms with Crippen LogP contribution in [0.15, 0.2) is 72.2 Å². The predicted molar refractivity (Wildman–Crippen MR) is 129 cm³/mol. The number of aliphatic hydroxyl groups excluding tert-OH is 1. The quantitative estimate of drug-likeness (QED) is 0.285. The SMILES string of the molecule is CC(N=C(N)N(CO)CCCn1ccnc1)(c1cccc(-c2cccc(Cl)c2)c1)C1CC1. The number of aliphatic imine (C=N–C) groups is 1. The highest BCUT2D eigenvalue weighted by molar-refractivity contribution is 6.30. The monoisotopic (exact) mass is 451 g/mol. The minimum absolute atomic E-state index is 0.164. The highest BCUT2D eigenvalue weighted by atomic mass is 35.5. The molecule has 3 N–H and O–H groups in total. The van der Waals surface area contributed by atoms with E-state index in [9.17, 15) is 5.11 Å². The number of nitrogens with zero attached hydrogens (tertiary/aromatic N) is 4. The molecule has 0 radical (unpaired) electrons. The number of rotatable bonds is 9. The molecule has 1 unspecified atom stereocenters. The van der Waals surface area contributed by atoms with Crippen LogP contribution < -0.4 is 5.73 Å². The molecule has 32 heavy (non-hydrogen) atoms. The van der Waals surface area contributed by atoms with E-state index >= 15 is 0 Å². The number of guanidine groups is 1. The molecule has 6 nitrogen and oxygen atoms in total. The van der Waals surface area contributed by atoms with Crippen molar-refractivity contribution in [1.29, 1.82) is 0 Å². The molecule has 4 rings (SSSR count). The van der Waals surface area contributed by atoms with Crippen molar-refractivity contribution in [2.24, 2.45) is 16.6 Å². The van der Waals surface area contributed by atoms with Crippen LogP contribution in [0.1, 0.15) is 31.7 Å². The smallest absolute Gasteiger partial charge is 0.193 e. The van der Waals surface area contributed by atoms with Crippen LogP contribution in [0.25, 0.3) is 11.1 Å². The molecule has 1 saturated carbocycles. The Labute approximate surface area is 194 Å². The fourth-order valence-corrected chi connectivity index (χ4v) is 4.34. The predicted octanol–water partition coefficient (Wildman–Crippen LogP) is 4.49. The average Bonchev–Trinajstić information content (AvgIpc) is 3.54. The third-order valence-electron chi connectivity index (χ3n) is 6.22. The molecule has 1 aliphatic rings. The van der Waals surface area contributed by atoms with Gasteiger partial charge in [0, 0.05) is 30.5 Å². The van der Waals surface area contributed by atoms with Crippen LogP contribution >= 0.6 is 11.6 Å². The van der Waals surface area contributed by atoms with Crippen LogP contribution in [0.4, 0.5) is 0 Å². The van der Waals surface area contributed by atoms with E-state index in [1.807, 2.05) is 29.0 Å². The summed E-state index contributed by atoms with van der Waals surface area (Å²) in [5, 5.41) is 10.6. The van der Waals surface area contributed by atoms with Gasteiger partial charge in [0.1, 0.15) is 6.73 Å². The largest absolute Gasteiger partial charge is 0.376 e. The number of hydrogen-bond acceptors (Lipinski definition) is 3. The van der Waals surface area contributed by atoms with Crippen LogP contribution in [0.5, 0.6) is 0 Å². The van der Waals surface area contributed by atoms with Crippen molar-refractivity contribution >= 4 is 17.6 Å². The van der Waals surface area contributed by atoms with Crippen LogP contribution in [0.3, 0.4) is 0 Å². The molecule has 1 atom stereocenters. The number of aliphatic hydroxyl groups is 1. The Morgan fingerprint density at radius 1 is 1.25 bits per heavy atom. The minimum atomic E-state index is -0.448. The van der Waals surface area contributed by atoms with Gasteiger partial charge in [0.15, 0.2) is 5.96 Å². The summed E-state index contributed by atoms with van der Waals surface area (Å²) in [6.45, 7) is 3.41. The van der Waals surface area contributed by atoms with Crippen LogP contribution in [0.2, 0.25) is 5.02 Å². The third kappa shape index (κ3) is 5.14. The highest BCUT2D eigenvalue weighted by Gasteiger charge is 2.43. The Kier molecular flexibility index (Phi) is 6.82. The average molecular weight is 452 g/mol. The minimum Gasteiger partial charge on any atom is -0.376 e. The second-order valence-electron chi connectivity index (χ2n) is 8.54. The summed E-state index contributed by atoms with van der Waals surface area (Å²) in [5.74, 6) is 0.808. The van der Waals surface area contributed by atoms with Crippen molar-refractivity contribution in [2.75, 3.05) is 13.3 Å². The zero-order valence-electron chi connectivity index (χ0n) is 18.4. The van der Waals surface area contributed by atoms with Gasteiger partial charge in [0.05, 0.1) is 11.9 Å². The summed E-state index contributed by atoms with van der Waals surface area (Å²) in [6.07, 6.45) is 8.55. The molecule has 1 fully saturated rings. The first-order chi connectivity index (χ1) is 15.5. The Bertz CT molecular complexity index is 1060. The van der Waals surface area contributed by atoms with Crippen LogP contribution in [-0.2, 0) is 12.1 Å². The van der Waals surface area contributed by atoms with E-state index < -0.39 is 5.54 Å². The number of hydrogen-bond donors (Lipinski definition) is 2. The van der Waals surface area contributed by atoms with Gasteiger partial charge in [-0.15, -0.1) is 0 Å². The molecule has 1 aliphatic carbocycles. The zero-order chi connectivity index (χ0) is 22.6. The molecule has 1 aromatic heterocycles. The van der Waals surface area contributed by atoms with Gasteiger partial charge >= 0.3 is 0 Å². The summed E-state index contributed by atoms with van der Waals surface area (Å²) in [4.78, 5) is 10.8. The molecule has 0 amide bonds. The Hall–Kier alpha value is -2.83. The van der Waals surface area contributed by atoms with E-state index in [0.717, 1.165) is 47.5 Å². The maximum atomic E-state index is 9.93. The molecule has 0 saturated heterocycles. The summed E-state index contributed by atoms with van der Waals surface area (Å²) in [5.41, 5.74) is 9.28. The van der Waals surface area contributed by atoms with E-state index in [2.05, 4.69) is 42.2 Å². The van der Waals surface area contributed by atoms with Crippen molar-refractivity contribution in [1.82, 2.24) is 14.5 Å². The lowest BCUT2D eigenvalue weighted by molar-refractivity contribution is 0.164. The normalized spacial score (nSPS) is 16.0. The molecule has 168 valence electrons. The van der Waals surface area contributed by atoms with Gasteiger partial charge in [-0.25, -0.2) is 9.98 Å². The lowest BCUT2D eigenvalue weighted by Crippen LogP contribution is -2.41. The first-order valence-corrected chi connectivity index (χ1v) is 11.4. The molecular formula is C25H30ClN5O. The highest BCUT2D eigenvalue weighted by Crippen LogP contribution is 2.48. The van der Waals surface area contributed by atoms with Gasteiger partial charge in [0.25, 0.3) is 0 Å². The Balaban J connectivity index is 1.56. The number of benzene rings is 2. The van der Waals surface area contributed by atoms with E-state index in [1.54, 1.807) is 17.4 Å². The third-order valence-corrected chi connectivity index (χ3v) is 6.46. The van der Waals surface area contributed by atoms with E-state index in [0.29, 0.717) is 18.4 Å². The second-order valence-corrected chi connectivity index (χ2v) is 8.98. The Morgan fingerprint density at radius 2 is 2.00 bits per heavy atom. The first-order valence-electron chi connectivity index (χ1n) is 11.0. The first kappa shape index (κ1) is 22.4. The maximum Gasteiger partial charge on any atom is 0.193 e. The molecule has 7 heteroatoms. The Morgan fingerprint density at radius 3 is 2.66 bits per heavy atom. The fraction of sp³-hybridized carbons (Fsp3) is 0.360. The van der Waals surface area contributed by atoms with E-state index in [4.69, 9.17) is 22.3 Å². The summed E-state index contributed by atoms with van der Waals surface area (Å²) in [6, 6.07) is 16.3. The van der Waals surface area contributed by atoms with Gasteiger partial charge < -0.3 is 20.3 Å². The van der Waals surface area contributed by atoms with Crippen molar-refractivity contribution in [3.05, 3.63) is 77.8 Å². The van der Waals surface area contributed by atoms with Crippen molar-refractivity contribution in [3.8, 4) is 11.1 Å². The summed E-state index contributed by atoms with van der Waals surface area (Å²) >= 11 is 6.21. The number of halogens is 1. The molecule has 3 aromatic rings. The molecule has 0 bridgehead atoms. The van der Waals surface area contributed by atoms with Gasteiger partial charge in [0.2, 0.25) is 0 Å². The van der Waals surface area contributed by atoms with Gasteiger partial charge in [-0.05, 0) is 67.0 Å². The molecule has 1 heterocycles. The summed E-state index contributed by atoms with van der Waals surface area (Å²) < 4.78 is 2.01. The zero-order valence-corrected chi connectivity index (χ0v) is 19.1. The topological polar surface area (TPSA) is 79.7 Å². The van der Waals surface area contributed by atoms with Gasteiger partial charge in [-0.2, -0.15) is 0 Å². The summed E-state index contributed by atoms with van der Waals surface area (Å²) in [7, 11) is 0. The lowest BCUT2D eigenvalue weighted by Gasteiger charge is -2.30. The van der Waals surface area contributed by atoms with Crippen molar-refractivity contribution in [2.45, 2.75) is 38.3 Å². The number of aryl methyl sites for hydroxylation is 1. The van der Waals surface area contributed by atoms with Crippen molar-refractivity contribution < 1.29 is 5.11 Å². The molecule has 2 aromatic carbocycles. The standard InChI is InChI=1S/C25H30ClN5O/c1-25(21-9-10-21,22-7-2-5-19(15-22)20-6-3-8-23(26)16-20)29-24(27)31(18-32)13-4-12-30-14-11-28-17-30/h2-3,5-8,11,14-17,21,32H,4,9-10,12-13,18H2,1H3,(H2,27,29). The maximum absolute atomic E-state index is 9.93. The molecular weight excluding hydrogens is 422 g/mol. The van der Waals surface area contributed by atoms with Gasteiger partial charge in [-0.3, -0.25) is 0 Å². The molecule has 0 spiro atoms. The number of imidazole rings is 1. The van der Waals surface area contributed by atoms with Crippen LogP contribution in [0, 0.1) is 5.92 Å². The fourth-order valence-electron chi connectivity index (χ4n) is 4.15. The lowest BCUT2D eigenvalue weighted by atomic mass is 9.86. The number of aromatic nitrogens is 2. The van der Waals surface area contributed by atoms with E-state index in [1.165, 1.54) is 0 Å². The van der Waals surface area contributed by atoms with Gasteiger partial charge in [-0.1, -0.05) is 41.9 Å². The number of nitrogens with two attached hydrogens (primary N) is 1. The molecule has 0 aliphatic heterocycles. The van der Waals surface area contributed by atoms with Crippen molar-refractivity contribution in [3.63, 3.8) is 0 Å².